The number of halogens is 2. The molecule has 3 heterocycles. The third kappa shape index (κ3) is 3.32. The van der Waals surface area contributed by atoms with Crippen molar-refractivity contribution in [1.82, 2.24) is 19.7 Å². The van der Waals surface area contributed by atoms with E-state index in [1.54, 1.807) is 4.68 Å². The van der Waals surface area contributed by atoms with E-state index in [1.807, 2.05) is 31.7 Å². The van der Waals surface area contributed by atoms with Crippen LogP contribution in [0.5, 0.6) is 0 Å². The van der Waals surface area contributed by atoms with Crippen LogP contribution in [0.2, 0.25) is 0 Å². The number of anilines is 1. The maximum Gasteiger partial charge on any atom is 0.410 e. The fraction of sp³-hybridized carbons (Fsp3) is 0.476. The Balaban J connectivity index is 1.26. The highest BCUT2D eigenvalue weighted by Gasteiger charge is 2.51. The van der Waals surface area contributed by atoms with Crippen molar-refractivity contribution >= 4 is 23.4 Å². The number of fused-ring (bicyclic) bond motifs is 1. The number of ether oxygens (including phenoxy) is 1. The van der Waals surface area contributed by atoms with Crippen LogP contribution in [-0.2, 0) is 18.2 Å². The molecule has 0 radical (unpaired) electrons. The van der Waals surface area contributed by atoms with Crippen molar-refractivity contribution in [2.24, 2.45) is 7.05 Å². The van der Waals surface area contributed by atoms with Crippen LogP contribution in [0, 0.1) is 0 Å². The lowest BCUT2D eigenvalue weighted by Gasteiger charge is -2.39. The van der Waals surface area contributed by atoms with Crippen LogP contribution in [0.3, 0.4) is 0 Å². The van der Waals surface area contributed by atoms with E-state index in [-0.39, 0.29) is 12.8 Å². The molecule has 2 aromatic heterocycles. The molecule has 2 aromatic rings. The van der Waals surface area contributed by atoms with Gasteiger partial charge in [-0.05, 0) is 24.1 Å². The minimum absolute atomic E-state index is 0.208. The number of nitrogens with zero attached hydrogens (tertiary/aromatic N) is 5. The summed E-state index contributed by atoms with van der Waals surface area (Å²) in [4.78, 5) is 20.5. The summed E-state index contributed by atoms with van der Waals surface area (Å²) in [5.74, 6) is -2.88. The molecule has 0 spiro atoms. The van der Waals surface area contributed by atoms with E-state index in [4.69, 9.17) is 4.74 Å². The number of piperazine rings is 1. The highest BCUT2D eigenvalue weighted by Crippen LogP contribution is 2.40. The Hall–Kier alpha value is -2.97. The van der Waals surface area contributed by atoms with Gasteiger partial charge in [0, 0.05) is 75.3 Å². The van der Waals surface area contributed by atoms with Crippen LogP contribution < -0.4 is 4.90 Å². The largest absolute Gasteiger partial charge is 0.440 e. The number of allylic oxidation sites excluding steroid dienone is 1. The van der Waals surface area contributed by atoms with Gasteiger partial charge in [0.1, 0.15) is 0 Å². The molecule has 30 heavy (non-hydrogen) atoms. The van der Waals surface area contributed by atoms with Crippen molar-refractivity contribution in [3.05, 3.63) is 41.5 Å². The summed E-state index contributed by atoms with van der Waals surface area (Å²) >= 11 is 0. The number of pyridine rings is 1. The highest BCUT2D eigenvalue weighted by molar-refractivity contribution is 5.91. The fourth-order valence-corrected chi connectivity index (χ4v) is 4.21. The molecule has 2 aliphatic carbocycles. The number of rotatable bonds is 3. The van der Waals surface area contributed by atoms with Crippen LogP contribution in [0.1, 0.15) is 29.7 Å². The summed E-state index contributed by atoms with van der Waals surface area (Å²) in [6.07, 6.45) is 6.69. The monoisotopic (exact) mass is 415 g/mol. The van der Waals surface area contributed by atoms with E-state index < -0.39 is 18.1 Å². The molecule has 1 saturated carbocycles. The predicted octanol–water partition coefficient (Wildman–Crippen LogP) is 2.97. The first-order valence-corrected chi connectivity index (χ1v) is 10.2. The topological polar surface area (TPSA) is 63.5 Å². The average molecular weight is 415 g/mol. The van der Waals surface area contributed by atoms with Gasteiger partial charge in [-0.15, -0.1) is 0 Å². The summed E-state index contributed by atoms with van der Waals surface area (Å²) in [6, 6.07) is 1.99. The van der Waals surface area contributed by atoms with Crippen molar-refractivity contribution in [2.45, 2.75) is 31.3 Å². The molecule has 1 atom stereocenters. The molecular formula is C21H23F2N5O2. The van der Waals surface area contributed by atoms with Crippen LogP contribution in [-0.4, -0.2) is 64.0 Å². The number of aryl methyl sites for hydroxylation is 1. The Morgan fingerprint density at radius 3 is 2.70 bits per heavy atom. The SMILES string of the molecule is Cn1cc(C2=Cc3c(N4CCN(C(=O)O[C@@H]5CCC5(F)F)CC4)ccnc3C2)cn1. The summed E-state index contributed by atoms with van der Waals surface area (Å²) in [7, 11) is 1.90. The molecule has 1 aliphatic heterocycles. The predicted molar refractivity (Wildman–Crippen MR) is 107 cm³/mol. The number of aromatic nitrogens is 3. The van der Waals surface area contributed by atoms with Gasteiger partial charge in [-0.1, -0.05) is 0 Å². The third-order valence-corrected chi connectivity index (χ3v) is 6.13. The van der Waals surface area contributed by atoms with Gasteiger partial charge in [-0.2, -0.15) is 5.10 Å². The molecule has 9 heteroatoms. The Morgan fingerprint density at radius 1 is 1.27 bits per heavy atom. The van der Waals surface area contributed by atoms with Crippen molar-refractivity contribution in [3.8, 4) is 0 Å². The van der Waals surface area contributed by atoms with E-state index in [0.29, 0.717) is 26.2 Å². The second-order valence-corrected chi connectivity index (χ2v) is 8.09. The van der Waals surface area contributed by atoms with Gasteiger partial charge in [0.15, 0.2) is 6.10 Å². The first-order valence-electron chi connectivity index (χ1n) is 10.2. The normalized spacial score (nSPS) is 22.4. The lowest BCUT2D eigenvalue weighted by molar-refractivity contribution is -0.179. The average Bonchev–Trinajstić information content (AvgIpc) is 3.37. The zero-order valence-electron chi connectivity index (χ0n) is 16.7. The van der Waals surface area contributed by atoms with E-state index in [1.165, 1.54) is 10.5 Å². The fourth-order valence-electron chi connectivity index (χ4n) is 4.21. The lowest BCUT2D eigenvalue weighted by Crippen LogP contribution is -2.53. The molecule has 0 N–H and O–H groups in total. The molecule has 7 nitrogen and oxygen atoms in total. The molecule has 158 valence electrons. The minimum Gasteiger partial charge on any atom is -0.440 e. The van der Waals surface area contributed by atoms with Crippen LogP contribution in [0.25, 0.3) is 11.6 Å². The molecule has 1 amide bonds. The maximum absolute atomic E-state index is 13.4. The van der Waals surface area contributed by atoms with Crippen molar-refractivity contribution in [1.29, 1.82) is 0 Å². The maximum atomic E-state index is 13.4. The van der Waals surface area contributed by atoms with Gasteiger partial charge in [-0.25, -0.2) is 13.6 Å². The molecule has 1 saturated heterocycles. The van der Waals surface area contributed by atoms with Gasteiger partial charge >= 0.3 is 6.09 Å². The smallest absolute Gasteiger partial charge is 0.410 e. The summed E-state index contributed by atoms with van der Waals surface area (Å²) in [5, 5.41) is 4.25. The van der Waals surface area contributed by atoms with E-state index >= 15 is 0 Å². The zero-order valence-corrected chi connectivity index (χ0v) is 16.7. The second-order valence-electron chi connectivity index (χ2n) is 8.09. The van der Waals surface area contributed by atoms with Gasteiger partial charge in [0.2, 0.25) is 0 Å². The highest BCUT2D eigenvalue weighted by atomic mass is 19.3. The summed E-state index contributed by atoms with van der Waals surface area (Å²) in [5.41, 5.74) is 5.47. The molecule has 2 fully saturated rings. The molecule has 0 aromatic carbocycles. The van der Waals surface area contributed by atoms with E-state index in [2.05, 4.69) is 21.1 Å². The number of amides is 1. The Kier molecular flexibility index (Phi) is 4.48. The Bertz CT molecular complexity index is 1010. The van der Waals surface area contributed by atoms with Gasteiger partial charge < -0.3 is 14.5 Å². The molecule has 3 aliphatic rings. The van der Waals surface area contributed by atoms with E-state index in [0.717, 1.165) is 28.9 Å². The molecular weight excluding hydrogens is 392 g/mol. The third-order valence-electron chi connectivity index (χ3n) is 6.13. The number of carbonyl (C=O) groups is 1. The molecule has 5 rings (SSSR count). The second kappa shape index (κ2) is 7.07. The van der Waals surface area contributed by atoms with Crippen molar-refractivity contribution in [3.63, 3.8) is 0 Å². The molecule has 0 unspecified atom stereocenters. The van der Waals surface area contributed by atoms with Gasteiger partial charge in [-0.3, -0.25) is 9.67 Å². The number of alkyl halides is 2. The van der Waals surface area contributed by atoms with Crippen molar-refractivity contribution < 1.29 is 18.3 Å². The number of carbonyl (C=O) groups excluding carboxylic acids is 1. The van der Waals surface area contributed by atoms with Gasteiger partial charge in [0.05, 0.1) is 11.9 Å². The number of hydrogen-bond acceptors (Lipinski definition) is 5. The van der Waals surface area contributed by atoms with Gasteiger partial charge in [0.25, 0.3) is 5.92 Å². The zero-order chi connectivity index (χ0) is 20.9. The Morgan fingerprint density at radius 2 is 2.07 bits per heavy atom. The summed E-state index contributed by atoms with van der Waals surface area (Å²) in [6.45, 7) is 2.10. The quantitative estimate of drug-likeness (QED) is 0.771. The van der Waals surface area contributed by atoms with Crippen LogP contribution >= 0.6 is 0 Å². The first kappa shape index (κ1) is 19.0. The van der Waals surface area contributed by atoms with Crippen LogP contribution in [0.15, 0.2) is 24.7 Å². The first-order chi connectivity index (χ1) is 14.4. The Labute approximate surface area is 172 Å². The number of hydrogen-bond donors (Lipinski definition) is 0. The molecule has 0 bridgehead atoms. The van der Waals surface area contributed by atoms with Crippen molar-refractivity contribution in [2.75, 3.05) is 31.1 Å². The summed E-state index contributed by atoms with van der Waals surface area (Å²) < 4.78 is 33.5. The van der Waals surface area contributed by atoms with Crippen LogP contribution in [0.4, 0.5) is 19.3 Å². The van der Waals surface area contributed by atoms with E-state index in [9.17, 15) is 13.6 Å². The minimum atomic E-state index is -2.88. The lowest BCUT2D eigenvalue weighted by atomic mass is 9.91. The standard InChI is InChI=1S/C21H23F2N5O2/c1-26-13-15(12-25-26)14-10-16-17(11-14)24-5-3-18(16)27-6-8-28(9-7-27)20(29)30-19-2-4-21(19,22)23/h3,5,10,12-13,19H,2,4,6-9,11H2,1H3/t19-/m1/s1.